The molecule has 0 unspecified atom stereocenters. The standard InChI is InChI=1S/C12H13N5O2S/c1-9-15-8-12(16-9)20(18,19)17-11-7-10(3-2-5-13)4-6-14-11/h4,6-8H,5,13H2,1H3,(H,14,17)(H,15,16). The van der Waals surface area contributed by atoms with Gasteiger partial charge in [-0.2, -0.15) is 8.42 Å². The zero-order valence-electron chi connectivity index (χ0n) is 10.7. The number of H-pyrrole nitrogens is 1. The Bertz CT molecular complexity index is 770. The van der Waals surface area contributed by atoms with Crippen LogP contribution in [0, 0.1) is 18.8 Å². The number of sulfonamides is 1. The zero-order valence-corrected chi connectivity index (χ0v) is 11.5. The molecule has 4 N–H and O–H groups in total. The molecule has 0 atom stereocenters. The highest BCUT2D eigenvalue weighted by Gasteiger charge is 2.17. The quantitative estimate of drug-likeness (QED) is 0.700. The Balaban J connectivity index is 2.25. The summed E-state index contributed by atoms with van der Waals surface area (Å²) >= 11 is 0. The van der Waals surface area contributed by atoms with E-state index in [4.69, 9.17) is 5.73 Å². The minimum atomic E-state index is -3.73. The van der Waals surface area contributed by atoms with E-state index in [1.54, 1.807) is 13.0 Å². The van der Waals surface area contributed by atoms with Crippen molar-refractivity contribution in [1.82, 2.24) is 15.0 Å². The van der Waals surface area contributed by atoms with Gasteiger partial charge in [0.2, 0.25) is 0 Å². The monoisotopic (exact) mass is 291 g/mol. The Morgan fingerprint density at radius 3 is 2.90 bits per heavy atom. The summed E-state index contributed by atoms with van der Waals surface area (Å²) in [7, 11) is -3.73. The van der Waals surface area contributed by atoms with Crippen LogP contribution in [0.15, 0.2) is 29.6 Å². The average Bonchev–Trinajstić information content (AvgIpc) is 2.84. The Kier molecular flexibility index (Phi) is 4.02. The smallest absolute Gasteiger partial charge is 0.280 e. The fraction of sp³-hybridized carbons (Fsp3) is 0.167. The highest BCUT2D eigenvalue weighted by molar-refractivity contribution is 7.92. The Labute approximate surface area is 116 Å². The molecule has 0 aromatic carbocycles. The van der Waals surface area contributed by atoms with Crippen molar-refractivity contribution in [3.8, 4) is 11.8 Å². The lowest BCUT2D eigenvalue weighted by Gasteiger charge is -2.05. The van der Waals surface area contributed by atoms with E-state index in [-0.39, 0.29) is 17.4 Å². The number of imidazole rings is 1. The lowest BCUT2D eigenvalue weighted by atomic mass is 10.2. The minimum absolute atomic E-state index is 0.0183. The fourth-order valence-electron chi connectivity index (χ4n) is 1.44. The van der Waals surface area contributed by atoms with Crippen molar-refractivity contribution in [3.05, 3.63) is 35.9 Å². The molecule has 0 aliphatic rings. The van der Waals surface area contributed by atoms with Gasteiger partial charge in [0.15, 0.2) is 5.03 Å². The van der Waals surface area contributed by atoms with Crippen molar-refractivity contribution in [2.45, 2.75) is 11.9 Å². The van der Waals surface area contributed by atoms with Crippen LogP contribution >= 0.6 is 0 Å². The minimum Gasteiger partial charge on any atom is -0.332 e. The number of nitrogens with one attached hydrogen (secondary N) is 2. The van der Waals surface area contributed by atoms with Crippen molar-refractivity contribution in [1.29, 1.82) is 0 Å². The Morgan fingerprint density at radius 2 is 2.25 bits per heavy atom. The van der Waals surface area contributed by atoms with Crippen molar-refractivity contribution in [3.63, 3.8) is 0 Å². The largest absolute Gasteiger partial charge is 0.332 e. The molecule has 0 saturated heterocycles. The summed E-state index contributed by atoms with van der Waals surface area (Å²) in [6, 6.07) is 3.20. The van der Waals surface area contributed by atoms with Crippen LogP contribution in [0.3, 0.4) is 0 Å². The van der Waals surface area contributed by atoms with Crippen molar-refractivity contribution in [2.75, 3.05) is 11.3 Å². The number of hydrogen-bond acceptors (Lipinski definition) is 5. The Hall–Kier alpha value is -2.37. The maximum Gasteiger partial charge on any atom is 0.280 e. The molecule has 0 aliphatic heterocycles. The van der Waals surface area contributed by atoms with Gasteiger partial charge in [-0.05, 0) is 19.1 Å². The summed E-state index contributed by atoms with van der Waals surface area (Å²) in [6.07, 6.45) is 2.71. The lowest BCUT2D eigenvalue weighted by molar-refractivity contribution is 0.598. The number of anilines is 1. The molecule has 0 spiro atoms. The van der Waals surface area contributed by atoms with E-state index in [0.717, 1.165) is 0 Å². The number of aryl methyl sites for hydroxylation is 1. The SMILES string of the molecule is Cc1ncc(S(=O)(=O)Nc2cc(C#CCN)ccn2)[nH]1. The summed E-state index contributed by atoms with van der Waals surface area (Å²) in [5, 5.41) is -0.0183. The second-order valence-corrected chi connectivity index (χ2v) is 5.52. The van der Waals surface area contributed by atoms with E-state index in [2.05, 4.69) is 31.5 Å². The highest BCUT2D eigenvalue weighted by Crippen LogP contribution is 2.13. The van der Waals surface area contributed by atoms with Gasteiger partial charge < -0.3 is 10.7 Å². The predicted octanol–water partition coefficient (Wildman–Crippen LogP) is 0.224. The van der Waals surface area contributed by atoms with Gasteiger partial charge in [-0.3, -0.25) is 4.72 Å². The fourth-order valence-corrected chi connectivity index (χ4v) is 2.42. The van der Waals surface area contributed by atoms with Crippen molar-refractivity contribution < 1.29 is 8.42 Å². The number of hydrogen-bond donors (Lipinski definition) is 3. The molecule has 2 aromatic heterocycles. The van der Waals surface area contributed by atoms with Crippen LogP contribution in [0.2, 0.25) is 0 Å². The molecule has 0 fully saturated rings. The predicted molar refractivity (Wildman–Crippen MR) is 74.3 cm³/mol. The van der Waals surface area contributed by atoms with Crippen LogP contribution < -0.4 is 10.5 Å². The molecule has 0 radical (unpaired) electrons. The summed E-state index contributed by atoms with van der Waals surface area (Å²) in [6.45, 7) is 1.90. The lowest BCUT2D eigenvalue weighted by Crippen LogP contribution is -2.14. The third kappa shape index (κ3) is 3.34. The summed E-state index contributed by atoms with van der Waals surface area (Å²) < 4.78 is 26.5. The van der Waals surface area contributed by atoms with Gasteiger partial charge in [0.05, 0.1) is 12.7 Å². The maximum atomic E-state index is 12.1. The number of nitrogens with two attached hydrogens (primary N) is 1. The van der Waals surface area contributed by atoms with Crippen molar-refractivity contribution >= 4 is 15.8 Å². The molecular formula is C12H13N5O2S. The molecule has 0 bridgehead atoms. The van der Waals surface area contributed by atoms with Crippen LogP contribution in [0.1, 0.15) is 11.4 Å². The van der Waals surface area contributed by atoms with Gasteiger partial charge in [-0.25, -0.2) is 9.97 Å². The molecule has 2 rings (SSSR count). The molecule has 0 amide bonds. The van der Waals surface area contributed by atoms with Crippen LogP contribution in [0.4, 0.5) is 5.82 Å². The Morgan fingerprint density at radius 1 is 1.45 bits per heavy atom. The highest BCUT2D eigenvalue weighted by atomic mass is 32.2. The number of pyridine rings is 1. The van der Waals surface area contributed by atoms with E-state index in [1.165, 1.54) is 18.5 Å². The normalized spacial score (nSPS) is 10.7. The summed E-state index contributed by atoms with van der Waals surface area (Å²) in [5.41, 5.74) is 5.91. The van der Waals surface area contributed by atoms with E-state index >= 15 is 0 Å². The van der Waals surface area contributed by atoms with Gasteiger partial charge in [0.25, 0.3) is 10.0 Å². The molecule has 2 heterocycles. The summed E-state index contributed by atoms with van der Waals surface area (Å²) in [5.74, 6) is 6.19. The third-order valence-electron chi connectivity index (χ3n) is 2.30. The van der Waals surface area contributed by atoms with Crippen LogP contribution in [0.25, 0.3) is 0 Å². The van der Waals surface area contributed by atoms with Crippen LogP contribution in [-0.4, -0.2) is 29.9 Å². The van der Waals surface area contributed by atoms with Crippen LogP contribution in [-0.2, 0) is 10.0 Å². The van der Waals surface area contributed by atoms with Gasteiger partial charge in [0.1, 0.15) is 11.6 Å². The van der Waals surface area contributed by atoms with E-state index < -0.39 is 10.0 Å². The topological polar surface area (TPSA) is 114 Å². The first kappa shape index (κ1) is 14.0. The second-order valence-electron chi connectivity index (χ2n) is 3.87. The molecule has 2 aromatic rings. The third-order valence-corrected chi connectivity index (χ3v) is 3.57. The van der Waals surface area contributed by atoms with Gasteiger partial charge in [0, 0.05) is 11.8 Å². The van der Waals surface area contributed by atoms with Gasteiger partial charge in [-0.1, -0.05) is 11.8 Å². The number of aromatic nitrogens is 3. The number of rotatable bonds is 3. The first-order chi connectivity index (χ1) is 9.51. The molecule has 8 heteroatoms. The molecule has 7 nitrogen and oxygen atoms in total. The average molecular weight is 291 g/mol. The first-order valence-electron chi connectivity index (χ1n) is 5.71. The molecule has 20 heavy (non-hydrogen) atoms. The molecular weight excluding hydrogens is 278 g/mol. The van der Waals surface area contributed by atoms with E-state index in [1.807, 2.05) is 0 Å². The van der Waals surface area contributed by atoms with Crippen molar-refractivity contribution in [2.24, 2.45) is 5.73 Å². The van der Waals surface area contributed by atoms with E-state index in [0.29, 0.717) is 11.4 Å². The maximum absolute atomic E-state index is 12.1. The molecule has 104 valence electrons. The van der Waals surface area contributed by atoms with Gasteiger partial charge in [-0.15, -0.1) is 0 Å². The number of nitrogens with zero attached hydrogens (tertiary/aromatic N) is 2. The molecule has 0 saturated carbocycles. The van der Waals surface area contributed by atoms with E-state index in [9.17, 15) is 8.42 Å². The van der Waals surface area contributed by atoms with Crippen LogP contribution in [0.5, 0.6) is 0 Å². The zero-order chi connectivity index (χ0) is 14.6. The molecule has 0 aliphatic carbocycles. The van der Waals surface area contributed by atoms with Gasteiger partial charge >= 0.3 is 0 Å². The summed E-state index contributed by atoms with van der Waals surface area (Å²) in [4.78, 5) is 10.4. The second kappa shape index (κ2) is 5.73. The first-order valence-corrected chi connectivity index (χ1v) is 7.19. The number of aromatic amines is 1.